The van der Waals surface area contributed by atoms with Gasteiger partial charge in [-0.1, -0.05) is 6.92 Å². The fourth-order valence-electron chi connectivity index (χ4n) is 4.29. The topological polar surface area (TPSA) is 80.6 Å². The van der Waals surface area contributed by atoms with Crippen molar-refractivity contribution in [3.8, 4) is 0 Å². The molecule has 30 heavy (non-hydrogen) atoms. The van der Waals surface area contributed by atoms with Crippen molar-refractivity contribution in [2.45, 2.75) is 72.9 Å². The molecule has 2 aromatic rings. The van der Waals surface area contributed by atoms with Crippen LogP contribution >= 0.6 is 11.3 Å². The Bertz CT molecular complexity index is 975. The van der Waals surface area contributed by atoms with Crippen molar-refractivity contribution in [3.63, 3.8) is 0 Å². The van der Waals surface area contributed by atoms with Crippen molar-refractivity contribution >= 4 is 45.0 Å². The fraction of sp³-hybridized carbons (Fsp3) is 0.591. The summed E-state index contributed by atoms with van der Waals surface area (Å²) in [5.74, 6) is -0.793. The minimum Gasteiger partial charge on any atom is -0.461 e. The van der Waals surface area contributed by atoms with Gasteiger partial charge in [-0.05, 0) is 52.0 Å². The van der Waals surface area contributed by atoms with Crippen LogP contribution in [0.1, 0.15) is 67.4 Å². The number of fused-ring (bicyclic) bond motifs is 1. The molecule has 1 aliphatic rings. The van der Waals surface area contributed by atoms with Crippen LogP contribution in [0.4, 0.5) is 5.69 Å². The van der Waals surface area contributed by atoms with E-state index in [1.165, 1.54) is 18.3 Å². The van der Waals surface area contributed by atoms with Gasteiger partial charge in [0.15, 0.2) is 5.69 Å². The highest BCUT2D eigenvalue weighted by atomic mass is 32.1. The normalized spacial score (nSPS) is 16.7. The standard InChI is InChI=1S/C22H31N3O4S/c1-6-16-10-8-9-11-24(16)17(27)12-25-20(22(28)29-7-2)19(23-15(5)26)18-13(3)14(4)30-21(18)25/h16H,6-12H2,1-5H3,(H,23,26). The number of hydrogen-bond donors (Lipinski definition) is 1. The molecule has 3 rings (SSSR count). The zero-order chi connectivity index (χ0) is 22.0. The molecule has 164 valence electrons. The summed E-state index contributed by atoms with van der Waals surface area (Å²) in [7, 11) is 0. The van der Waals surface area contributed by atoms with E-state index in [4.69, 9.17) is 4.74 Å². The van der Waals surface area contributed by atoms with Crippen LogP contribution in [0, 0.1) is 13.8 Å². The van der Waals surface area contributed by atoms with E-state index in [2.05, 4.69) is 12.2 Å². The van der Waals surface area contributed by atoms with Gasteiger partial charge in [0.05, 0.1) is 12.3 Å². The summed E-state index contributed by atoms with van der Waals surface area (Å²) < 4.78 is 7.04. The molecule has 1 atom stereocenters. The Morgan fingerprint density at radius 1 is 1.20 bits per heavy atom. The number of amides is 2. The van der Waals surface area contributed by atoms with Gasteiger partial charge >= 0.3 is 5.97 Å². The van der Waals surface area contributed by atoms with E-state index < -0.39 is 5.97 Å². The number of anilines is 1. The molecule has 1 aliphatic heterocycles. The van der Waals surface area contributed by atoms with E-state index in [0.29, 0.717) is 5.69 Å². The first kappa shape index (κ1) is 22.3. The number of aryl methyl sites for hydroxylation is 2. The number of carbonyl (C=O) groups is 3. The van der Waals surface area contributed by atoms with Crippen LogP contribution in [-0.4, -0.2) is 46.4 Å². The molecule has 3 heterocycles. The Labute approximate surface area is 181 Å². The molecule has 0 bridgehead atoms. The maximum atomic E-state index is 13.3. The molecular weight excluding hydrogens is 402 g/mol. The second-order valence-corrected chi connectivity index (χ2v) is 9.02. The number of aromatic nitrogens is 1. The van der Waals surface area contributed by atoms with Crippen molar-refractivity contribution in [1.82, 2.24) is 9.47 Å². The zero-order valence-corrected chi connectivity index (χ0v) is 19.3. The van der Waals surface area contributed by atoms with Gasteiger partial charge in [0.2, 0.25) is 11.8 Å². The Balaban J connectivity index is 2.12. The second kappa shape index (κ2) is 9.20. The maximum Gasteiger partial charge on any atom is 0.357 e. The third-order valence-electron chi connectivity index (χ3n) is 5.85. The van der Waals surface area contributed by atoms with Crippen molar-refractivity contribution in [2.75, 3.05) is 18.5 Å². The van der Waals surface area contributed by atoms with Crippen LogP contribution in [0.3, 0.4) is 0 Å². The Kier molecular flexibility index (Phi) is 6.85. The number of rotatable bonds is 6. The van der Waals surface area contributed by atoms with Crippen LogP contribution in [0.15, 0.2) is 0 Å². The van der Waals surface area contributed by atoms with Crippen molar-refractivity contribution < 1.29 is 19.1 Å². The van der Waals surface area contributed by atoms with Gasteiger partial charge in [-0.25, -0.2) is 4.79 Å². The predicted molar refractivity (Wildman–Crippen MR) is 119 cm³/mol. The van der Waals surface area contributed by atoms with E-state index in [9.17, 15) is 14.4 Å². The predicted octanol–water partition coefficient (Wildman–Crippen LogP) is 4.25. The highest BCUT2D eigenvalue weighted by Crippen LogP contribution is 2.41. The summed E-state index contributed by atoms with van der Waals surface area (Å²) in [6, 6.07) is 0.241. The summed E-state index contributed by atoms with van der Waals surface area (Å²) in [6.07, 6.45) is 4.08. The van der Waals surface area contributed by atoms with Crippen LogP contribution < -0.4 is 5.32 Å². The molecule has 0 radical (unpaired) electrons. The Morgan fingerprint density at radius 3 is 2.57 bits per heavy atom. The van der Waals surface area contributed by atoms with Crippen LogP contribution in [0.5, 0.6) is 0 Å². The first-order valence-electron chi connectivity index (χ1n) is 10.7. The Morgan fingerprint density at radius 2 is 1.93 bits per heavy atom. The molecule has 1 fully saturated rings. The molecule has 7 nitrogen and oxygen atoms in total. The summed E-state index contributed by atoms with van der Waals surface area (Å²) in [5.41, 5.74) is 1.69. The average molecular weight is 434 g/mol. The number of esters is 1. The van der Waals surface area contributed by atoms with Gasteiger partial charge < -0.3 is 19.5 Å². The molecule has 0 saturated carbocycles. The number of carbonyl (C=O) groups excluding carboxylic acids is 3. The van der Waals surface area contributed by atoms with Crippen LogP contribution in [0.2, 0.25) is 0 Å². The molecule has 8 heteroatoms. The molecule has 0 spiro atoms. The monoisotopic (exact) mass is 433 g/mol. The van der Waals surface area contributed by atoms with Gasteiger partial charge in [0, 0.05) is 29.8 Å². The largest absolute Gasteiger partial charge is 0.461 e. The minimum atomic E-state index is -0.528. The van der Waals surface area contributed by atoms with Gasteiger partial charge in [-0.15, -0.1) is 11.3 Å². The minimum absolute atomic E-state index is 0.00193. The summed E-state index contributed by atoms with van der Waals surface area (Å²) >= 11 is 1.53. The summed E-state index contributed by atoms with van der Waals surface area (Å²) in [5, 5.41) is 3.64. The third-order valence-corrected chi connectivity index (χ3v) is 7.08. The molecule has 2 aromatic heterocycles. The number of ether oxygens (including phenoxy) is 1. The number of nitrogens with one attached hydrogen (secondary N) is 1. The first-order chi connectivity index (χ1) is 14.3. The van der Waals surface area contributed by atoms with Gasteiger partial charge in [0.25, 0.3) is 0 Å². The fourth-order valence-corrected chi connectivity index (χ4v) is 5.46. The van der Waals surface area contributed by atoms with Crippen LogP contribution in [0.25, 0.3) is 10.2 Å². The smallest absolute Gasteiger partial charge is 0.357 e. The van der Waals surface area contributed by atoms with E-state index in [1.54, 1.807) is 11.5 Å². The molecule has 2 amide bonds. The van der Waals surface area contributed by atoms with E-state index >= 15 is 0 Å². The van der Waals surface area contributed by atoms with Crippen LogP contribution in [-0.2, 0) is 20.9 Å². The number of nitrogens with zero attached hydrogens (tertiary/aromatic N) is 2. The lowest BCUT2D eigenvalue weighted by atomic mass is 10.00. The van der Waals surface area contributed by atoms with Crippen molar-refractivity contribution in [3.05, 3.63) is 16.1 Å². The second-order valence-electron chi connectivity index (χ2n) is 7.82. The quantitative estimate of drug-likeness (QED) is 0.691. The lowest BCUT2D eigenvalue weighted by Gasteiger charge is -2.35. The molecule has 1 unspecified atom stereocenters. The van der Waals surface area contributed by atoms with Gasteiger partial charge in [-0.3, -0.25) is 9.59 Å². The highest BCUT2D eigenvalue weighted by Gasteiger charge is 2.31. The lowest BCUT2D eigenvalue weighted by molar-refractivity contribution is -0.135. The molecule has 1 saturated heterocycles. The van der Waals surface area contributed by atoms with E-state index in [0.717, 1.165) is 52.9 Å². The zero-order valence-electron chi connectivity index (χ0n) is 18.5. The average Bonchev–Trinajstić information content (AvgIpc) is 3.15. The maximum absolute atomic E-state index is 13.3. The van der Waals surface area contributed by atoms with E-state index in [1.807, 2.05) is 18.7 Å². The highest BCUT2D eigenvalue weighted by molar-refractivity contribution is 7.19. The van der Waals surface area contributed by atoms with Crippen molar-refractivity contribution in [2.24, 2.45) is 0 Å². The Hall–Kier alpha value is -2.35. The van der Waals surface area contributed by atoms with Gasteiger partial charge in [-0.2, -0.15) is 0 Å². The number of likely N-dealkylation sites (tertiary alicyclic amines) is 1. The third kappa shape index (κ3) is 4.10. The molecule has 1 N–H and O–H groups in total. The lowest BCUT2D eigenvalue weighted by Crippen LogP contribution is -2.45. The van der Waals surface area contributed by atoms with Crippen molar-refractivity contribution in [1.29, 1.82) is 0 Å². The molecule has 0 aromatic carbocycles. The van der Waals surface area contributed by atoms with E-state index in [-0.39, 0.29) is 36.7 Å². The summed E-state index contributed by atoms with van der Waals surface area (Å²) in [4.78, 5) is 42.0. The van der Waals surface area contributed by atoms with Gasteiger partial charge in [0.1, 0.15) is 11.4 Å². The molecular formula is C22H31N3O4S. The number of hydrogen-bond acceptors (Lipinski definition) is 5. The number of piperidine rings is 1. The first-order valence-corrected chi connectivity index (χ1v) is 11.5. The SMILES string of the molecule is CCOC(=O)c1c(NC(C)=O)c2c(C)c(C)sc2n1CC(=O)N1CCCCC1CC. The number of thiophene rings is 1. The molecule has 0 aliphatic carbocycles. The summed E-state index contributed by atoms with van der Waals surface area (Å²) in [6.45, 7) is 10.3.